The van der Waals surface area contributed by atoms with Gasteiger partial charge < -0.3 is 14.8 Å². The van der Waals surface area contributed by atoms with Gasteiger partial charge in [-0.3, -0.25) is 4.79 Å². The van der Waals surface area contributed by atoms with Crippen molar-refractivity contribution in [2.45, 2.75) is 19.9 Å². The van der Waals surface area contributed by atoms with E-state index in [2.05, 4.69) is 17.0 Å². The summed E-state index contributed by atoms with van der Waals surface area (Å²) in [5, 5.41) is 3.12. The van der Waals surface area contributed by atoms with E-state index in [-0.39, 0.29) is 17.4 Å². The molecule has 76 valence electrons. The molecular formula is C9H17NO3. The zero-order valence-electron chi connectivity index (χ0n) is 8.42. The van der Waals surface area contributed by atoms with Crippen LogP contribution >= 0.6 is 0 Å². The van der Waals surface area contributed by atoms with Crippen LogP contribution < -0.4 is 5.32 Å². The lowest BCUT2D eigenvalue weighted by Crippen LogP contribution is -2.50. The molecule has 0 aromatic heterocycles. The molecule has 4 heteroatoms. The van der Waals surface area contributed by atoms with Gasteiger partial charge in [-0.05, 0) is 6.92 Å². The summed E-state index contributed by atoms with van der Waals surface area (Å²) in [7, 11) is 1.40. The van der Waals surface area contributed by atoms with Gasteiger partial charge in [0.2, 0.25) is 0 Å². The van der Waals surface area contributed by atoms with Gasteiger partial charge in [-0.2, -0.15) is 0 Å². The second-order valence-corrected chi connectivity index (χ2v) is 3.93. The second-order valence-electron chi connectivity index (χ2n) is 3.93. The zero-order valence-corrected chi connectivity index (χ0v) is 8.42. The van der Waals surface area contributed by atoms with Crippen molar-refractivity contribution < 1.29 is 14.3 Å². The van der Waals surface area contributed by atoms with Crippen LogP contribution in [0.2, 0.25) is 0 Å². The Bertz CT molecular complexity index is 189. The van der Waals surface area contributed by atoms with Gasteiger partial charge in [-0.1, -0.05) is 6.92 Å². The van der Waals surface area contributed by atoms with Gasteiger partial charge in [-0.15, -0.1) is 0 Å². The number of methoxy groups -OCH3 is 1. The third-order valence-electron chi connectivity index (χ3n) is 2.29. The maximum atomic E-state index is 11.0. The van der Waals surface area contributed by atoms with E-state index in [4.69, 9.17) is 4.74 Å². The summed E-state index contributed by atoms with van der Waals surface area (Å²) in [6.07, 6.45) is 0. The van der Waals surface area contributed by atoms with Crippen LogP contribution in [0, 0.1) is 5.41 Å². The Morgan fingerprint density at radius 3 is 2.69 bits per heavy atom. The fourth-order valence-corrected chi connectivity index (χ4v) is 1.21. The molecule has 1 N–H and O–H groups in total. The highest BCUT2D eigenvalue weighted by molar-refractivity contribution is 5.75. The summed E-state index contributed by atoms with van der Waals surface area (Å²) < 4.78 is 9.70. The maximum Gasteiger partial charge on any atom is 0.322 e. The van der Waals surface area contributed by atoms with E-state index in [1.54, 1.807) is 6.92 Å². The van der Waals surface area contributed by atoms with Crippen LogP contribution in [-0.2, 0) is 14.3 Å². The standard InChI is InChI=1S/C9H17NO3/c1-7(8(11)12-3)10-4-9(2)5-13-6-9/h7,10H,4-6H2,1-3H3. The van der Waals surface area contributed by atoms with Crippen molar-refractivity contribution in [3.8, 4) is 0 Å². The van der Waals surface area contributed by atoms with Crippen LogP contribution in [0.25, 0.3) is 0 Å². The highest BCUT2D eigenvalue weighted by Gasteiger charge is 2.33. The van der Waals surface area contributed by atoms with Gasteiger partial charge >= 0.3 is 5.97 Å². The summed E-state index contributed by atoms with van der Waals surface area (Å²) >= 11 is 0. The third-order valence-corrected chi connectivity index (χ3v) is 2.29. The Labute approximate surface area is 78.6 Å². The molecule has 0 bridgehead atoms. The van der Waals surface area contributed by atoms with Crippen LogP contribution in [0.5, 0.6) is 0 Å². The lowest BCUT2D eigenvalue weighted by atomic mass is 9.88. The smallest absolute Gasteiger partial charge is 0.322 e. The maximum absolute atomic E-state index is 11.0. The van der Waals surface area contributed by atoms with E-state index in [0.29, 0.717) is 0 Å². The summed E-state index contributed by atoms with van der Waals surface area (Å²) in [6.45, 7) is 6.27. The summed E-state index contributed by atoms with van der Waals surface area (Å²) in [6, 6.07) is -0.234. The van der Waals surface area contributed by atoms with Gasteiger partial charge in [0.15, 0.2) is 0 Å². The van der Waals surface area contributed by atoms with Crippen molar-refractivity contribution in [1.29, 1.82) is 0 Å². The average Bonchev–Trinajstić information content (AvgIpc) is 2.09. The van der Waals surface area contributed by atoms with E-state index < -0.39 is 0 Å². The van der Waals surface area contributed by atoms with Crippen LogP contribution in [-0.4, -0.2) is 38.9 Å². The van der Waals surface area contributed by atoms with Gasteiger partial charge in [0, 0.05) is 12.0 Å². The van der Waals surface area contributed by atoms with E-state index in [0.717, 1.165) is 19.8 Å². The molecule has 13 heavy (non-hydrogen) atoms. The van der Waals surface area contributed by atoms with Gasteiger partial charge in [0.05, 0.1) is 20.3 Å². The molecule has 1 saturated heterocycles. The molecule has 0 aromatic carbocycles. The Morgan fingerprint density at radius 1 is 1.69 bits per heavy atom. The van der Waals surface area contributed by atoms with Crippen molar-refractivity contribution in [2.75, 3.05) is 26.9 Å². The number of esters is 1. The third kappa shape index (κ3) is 2.67. The number of carbonyl (C=O) groups excluding carboxylic acids is 1. The topological polar surface area (TPSA) is 47.6 Å². The molecule has 0 saturated carbocycles. The predicted octanol–water partition coefficient (Wildman–Crippen LogP) is 0.174. The van der Waals surface area contributed by atoms with Crippen molar-refractivity contribution in [3.05, 3.63) is 0 Å². The Morgan fingerprint density at radius 2 is 2.31 bits per heavy atom. The first kappa shape index (κ1) is 10.5. The van der Waals surface area contributed by atoms with Crippen molar-refractivity contribution in [2.24, 2.45) is 5.41 Å². The molecule has 0 radical (unpaired) electrons. The fraction of sp³-hybridized carbons (Fsp3) is 0.889. The van der Waals surface area contributed by atoms with Gasteiger partial charge in [0.25, 0.3) is 0 Å². The van der Waals surface area contributed by atoms with E-state index in [1.807, 2.05) is 0 Å². The Hall–Kier alpha value is -0.610. The van der Waals surface area contributed by atoms with Crippen LogP contribution in [0.15, 0.2) is 0 Å². The van der Waals surface area contributed by atoms with Crippen molar-refractivity contribution in [1.82, 2.24) is 5.32 Å². The largest absolute Gasteiger partial charge is 0.468 e. The molecule has 0 spiro atoms. The minimum absolute atomic E-state index is 0.197. The number of nitrogens with one attached hydrogen (secondary N) is 1. The normalized spacial score (nSPS) is 21.8. The first-order valence-corrected chi connectivity index (χ1v) is 4.46. The Balaban J connectivity index is 2.21. The van der Waals surface area contributed by atoms with E-state index in [9.17, 15) is 4.79 Å². The molecule has 4 nitrogen and oxygen atoms in total. The minimum Gasteiger partial charge on any atom is -0.468 e. The molecule has 0 aromatic rings. The number of hydrogen-bond acceptors (Lipinski definition) is 4. The van der Waals surface area contributed by atoms with Gasteiger partial charge in [0.1, 0.15) is 6.04 Å². The van der Waals surface area contributed by atoms with Crippen molar-refractivity contribution in [3.63, 3.8) is 0 Å². The SMILES string of the molecule is COC(=O)C(C)NCC1(C)COC1. The number of ether oxygens (including phenoxy) is 2. The molecule has 0 amide bonds. The lowest BCUT2D eigenvalue weighted by Gasteiger charge is -2.38. The molecule has 1 rings (SSSR count). The fourth-order valence-electron chi connectivity index (χ4n) is 1.21. The summed E-state index contributed by atoms with van der Waals surface area (Å²) in [5.74, 6) is -0.219. The summed E-state index contributed by atoms with van der Waals surface area (Å²) in [4.78, 5) is 11.0. The quantitative estimate of drug-likeness (QED) is 0.637. The number of carbonyl (C=O) groups is 1. The summed E-state index contributed by atoms with van der Waals surface area (Å²) in [5.41, 5.74) is 0.197. The van der Waals surface area contributed by atoms with Crippen molar-refractivity contribution >= 4 is 5.97 Å². The molecule has 1 unspecified atom stereocenters. The van der Waals surface area contributed by atoms with E-state index in [1.165, 1.54) is 7.11 Å². The zero-order chi connectivity index (χ0) is 9.90. The number of hydrogen-bond donors (Lipinski definition) is 1. The molecular weight excluding hydrogens is 170 g/mol. The first-order valence-electron chi connectivity index (χ1n) is 4.46. The lowest BCUT2D eigenvalue weighted by molar-refractivity contribution is -0.143. The first-order chi connectivity index (χ1) is 6.07. The monoisotopic (exact) mass is 187 g/mol. The molecule has 1 fully saturated rings. The average molecular weight is 187 g/mol. The number of rotatable bonds is 4. The minimum atomic E-state index is -0.234. The Kier molecular flexibility index (Phi) is 3.27. The predicted molar refractivity (Wildman–Crippen MR) is 48.4 cm³/mol. The molecule has 0 aliphatic carbocycles. The molecule has 1 heterocycles. The molecule has 1 atom stereocenters. The second kappa shape index (κ2) is 4.07. The van der Waals surface area contributed by atoms with Crippen LogP contribution in [0.3, 0.4) is 0 Å². The van der Waals surface area contributed by atoms with Crippen LogP contribution in [0.1, 0.15) is 13.8 Å². The van der Waals surface area contributed by atoms with E-state index >= 15 is 0 Å². The van der Waals surface area contributed by atoms with Gasteiger partial charge in [-0.25, -0.2) is 0 Å². The highest BCUT2D eigenvalue weighted by Crippen LogP contribution is 2.25. The van der Waals surface area contributed by atoms with Crippen LogP contribution in [0.4, 0.5) is 0 Å². The highest BCUT2D eigenvalue weighted by atomic mass is 16.5. The molecule has 1 aliphatic heterocycles. The molecule has 1 aliphatic rings.